The third-order valence-electron chi connectivity index (χ3n) is 5.04. The van der Waals surface area contributed by atoms with Gasteiger partial charge in [0.05, 0.1) is 29.9 Å². The van der Waals surface area contributed by atoms with E-state index in [9.17, 15) is 27.6 Å². The molecule has 28 heavy (non-hydrogen) atoms. The van der Waals surface area contributed by atoms with E-state index in [0.29, 0.717) is 13.1 Å². The fourth-order valence-electron chi connectivity index (χ4n) is 3.62. The number of esters is 1. The summed E-state index contributed by atoms with van der Waals surface area (Å²) < 4.78 is 43.5. The molecule has 1 aliphatic heterocycles. The van der Waals surface area contributed by atoms with Crippen molar-refractivity contribution < 1.29 is 32.3 Å². The van der Waals surface area contributed by atoms with Gasteiger partial charge in [-0.3, -0.25) is 14.4 Å². The Morgan fingerprint density at radius 3 is 2.43 bits per heavy atom. The lowest BCUT2D eigenvalue weighted by molar-refractivity contribution is -0.147. The number of carbonyl (C=O) groups is 3. The lowest BCUT2D eigenvalue weighted by Crippen LogP contribution is -2.31. The molecule has 152 valence electrons. The first-order valence-electron chi connectivity index (χ1n) is 9.17. The van der Waals surface area contributed by atoms with Crippen LogP contribution >= 0.6 is 0 Å². The van der Waals surface area contributed by atoms with Crippen molar-refractivity contribution in [3.63, 3.8) is 0 Å². The maximum absolute atomic E-state index is 12.8. The Labute approximate surface area is 160 Å². The summed E-state index contributed by atoms with van der Waals surface area (Å²) in [6.07, 6.45) is -2.81. The van der Waals surface area contributed by atoms with Crippen molar-refractivity contribution in [2.24, 2.45) is 17.8 Å². The number of halogens is 3. The van der Waals surface area contributed by atoms with Crippen LogP contribution in [0, 0.1) is 17.8 Å². The molecule has 9 heteroatoms. The first-order valence-corrected chi connectivity index (χ1v) is 9.17. The van der Waals surface area contributed by atoms with Crippen molar-refractivity contribution in [1.82, 2.24) is 4.90 Å². The van der Waals surface area contributed by atoms with Crippen LogP contribution in [0.2, 0.25) is 0 Å². The number of ether oxygens (including phenoxy) is 1. The van der Waals surface area contributed by atoms with Crippen molar-refractivity contribution in [3.05, 3.63) is 29.8 Å². The highest BCUT2D eigenvalue weighted by atomic mass is 19.4. The number of benzene rings is 1. The fourth-order valence-corrected chi connectivity index (χ4v) is 3.62. The third-order valence-corrected chi connectivity index (χ3v) is 5.04. The highest BCUT2D eigenvalue weighted by Gasteiger charge is 2.64. The Kier molecular flexibility index (Phi) is 5.62. The SMILES string of the molecule is CCOC(=O)[C@@H]1[C@@H](C(=O)Nc2cccc(C(F)(F)F)c2)[C@@H]1C(=O)N1CCCC1. The van der Waals surface area contributed by atoms with Gasteiger partial charge < -0.3 is 15.0 Å². The van der Waals surface area contributed by atoms with Crippen LogP contribution in [0.5, 0.6) is 0 Å². The summed E-state index contributed by atoms with van der Waals surface area (Å²) in [6.45, 7) is 2.89. The fraction of sp³-hybridized carbons (Fsp3) is 0.526. The van der Waals surface area contributed by atoms with Gasteiger partial charge in [-0.2, -0.15) is 13.2 Å². The Hall–Kier alpha value is -2.58. The van der Waals surface area contributed by atoms with E-state index in [1.807, 2.05) is 0 Å². The number of hydrogen-bond donors (Lipinski definition) is 1. The predicted octanol–water partition coefficient (Wildman–Crippen LogP) is 2.69. The predicted molar refractivity (Wildman–Crippen MR) is 93.0 cm³/mol. The summed E-state index contributed by atoms with van der Waals surface area (Å²) in [5, 5.41) is 2.40. The monoisotopic (exact) mass is 398 g/mol. The van der Waals surface area contributed by atoms with Gasteiger partial charge in [0, 0.05) is 18.8 Å². The molecule has 0 unspecified atom stereocenters. The van der Waals surface area contributed by atoms with Crippen molar-refractivity contribution in [1.29, 1.82) is 0 Å². The summed E-state index contributed by atoms with van der Waals surface area (Å²) in [7, 11) is 0. The van der Waals surface area contributed by atoms with Gasteiger partial charge in [-0.1, -0.05) is 6.07 Å². The average Bonchev–Trinajstić information content (AvgIpc) is 3.15. The molecule has 1 saturated heterocycles. The first kappa shape index (κ1) is 20.2. The van der Waals surface area contributed by atoms with Crippen LogP contribution in [0.1, 0.15) is 25.3 Å². The average molecular weight is 398 g/mol. The van der Waals surface area contributed by atoms with E-state index in [1.54, 1.807) is 11.8 Å². The van der Waals surface area contributed by atoms with E-state index in [4.69, 9.17) is 4.74 Å². The summed E-state index contributed by atoms with van der Waals surface area (Å²) in [5.41, 5.74) is -0.936. The second kappa shape index (κ2) is 7.81. The van der Waals surface area contributed by atoms with Crippen molar-refractivity contribution in [2.45, 2.75) is 25.9 Å². The van der Waals surface area contributed by atoms with Gasteiger partial charge in [-0.05, 0) is 38.0 Å². The molecule has 2 fully saturated rings. The largest absolute Gasteiger partial charge is 0.466 e. The number of nitrogens with one attached hydrogen (secondary N) is 1. The van der Waals surface area contributed by atoms with Gasteiger partial charge in [0.1, 0.15) is 0 Å². The number of likely N-dealkylation sites (tertiary alicyclic amines) is 1. The quantitative estimate of drug-likeness (QED) is 0.774. The smallest absolute Gasteiger partial charge is 0.416 e. The zero-order chi connectivity index (χ0) is 20.5. The van der Waals surface area contributed by atoms with Crippen LogP contribution < -0.4 is 5.32 Å². The van der Waals surface area contributed by atoms with Gasteiger partial charge in [0.2, 0.25) is 11.8 Å². The van der Waals surface area contributed by atoms with Crippen molar-refractivity contribution in [2.75, 3.05) is 25.0 Å². The molecule has 1 heterocycles. The Bertz CT molecular complexity index is 775. The number of amides is 2. The molecule has 0 spiro atoms. The van der Waals surface area contributed by atoms with Gasteiger partial charge in [-0.15, -0.1) is 0 Å². The summed E-state index contributed by atoms with van der Waals surface area (Å²) in [5.74, 6) is -4.25. The zero-order valence-electron chi connectivity index (χ0n) is 15.3. The van der Waals surface area contributed by atoms with Gasteiger partial charge >= 0.3 is 12.1 Å². The number of nitrogens with zero attached hydrogens (tertiary/aromatic N) is 1. The van der Waals surface area contributed by atoms with E-state index in [2.05, 4.69) is 5.32 Å². The summed E-state index contributed by atoms with van der Waals surface area (Å²) >= 11 is 0. The molecule has 0 radical (unpaired) electrons. The minimum atomic E-state index is -4.54. The summed E-state index contributed by atoms with van der Waals surface area (Å²) in [4.78, 5) is 39.1. The van der Waals surface area contributed by atoms with Crippen LogP contribution in [-0.4, -0.2) is 42.4 Å². The third kappa shape index (κ3) is 4.13. The minimum absolute atomic E-state index is 0.0401. The molecular formula is C19H21F3N2O4. The normalized spacial score (nSPS) is 24.0. The van der Waals surface area contributed by atoms with E-state index in [0.717, 1.165) is 25.0 Å². The maximum Gasteiger partial charge on any atom is 0.416 e. The maximum atomic E-state index is 12.8. The van der Waals surface area contributed by atoms with Crippen LogP contribution in [0.3, 0.4) is 0 Å². The second-order valence-corrected chi connectivity index (χ2v) is 6.93. The number of anilines is 1. The van der Waals surface area contributed by atoms with Crippen LogP contribution in [0.15, 0.2) is 24.3 Å². The van der Waals surface area contributed by atoms with E-state index < -0.39 is 41.4 Å². The second-order valence-electron chi connectivity index (χ2n) is 6.93. The van der Waals surface area contributed by atoms with Crippen molar-refractivity contribution in [3.8, 4) is 0 Å². The first-order chi connectivity index (χ1) is 13.2. The molecule has 0 aromatic heterocycles. The molecule has 0 bridgehead atoms. The molecule has 3 rings (SSSR count). The lowest BCUT2D eigenvalue weighted by Gasteiger charge is -2.15. The van der Waals surface area contributed by atoms with Gasteiger partial charge in [0.25, 0.3) is 0 Å². The van der Waals surface area contributed by atoms with Gasteiger partial charge in [-0.25, -0.2) is 0 Å². The van der Waals surface area contributed by atoms with Crippen molar-refractivity contribution >= 4 is 23.5 Å². The van der Waals surface area contributed by atoms with E-state index in [1.165, 1.54) is 12.1 Å². The summed E-state index contributed by atoms with van der Waals surface area (Å²) in [6, 6.07) is 4.22. The Morgan fingerprint density at radius 1 is 1.14 bits per heavy atom. The van der Waals surface area contributed by atoms with Crippen LogP contribution in [0.25, 0.3) is 0 Å². The molecule has 1 aromatic rings. The minimum Gasteiger partial charge on any atom is -0.466 e. The topological polar surface area (TPSA) is 75.7 Å². The molecule has 1 N–H and O–H groups in total. The lowest BCUT2D eigenvalue weighted by atomic mass is 10.2. The number of carbonyl (C=O) groups excluding carboxylic acids is 3. The standard InChI is InChI=1S/C19H21F3N2O4/c1-2-28-18(27)15-13(14(15)17(26)24-8-3-4-9-24)16(25)23-12-7-5-6-11(10-12)19(20,21)22/h5-7,10,13-15H,2-4,8-9H2,1H3,(H,23,25)/t13-,14-,15+/m0/s1. The molecule has 1 aromatic carbocycles. The molecule has 2 aliphatic rings. The van der Waals surface area contributed by atoms with Crippen LogP contribution in [-0.2, 0) is 25.3 Å². The molecular weight excluding hydrogens is 377 g/mol. The van der Waals surface area contributed by atoms with E-state index >= 15 is 0 Å². The van der Waals surface area contributed by atoms with Gasteiger partial charge in [0.15, 0.2) is 0 Å². The molecule has 1 saturated carbocycles. The number of rotatable bonds is 5. The van der Waals surface area contributed by atoms with E-state index in [-0.39, 0.29) is 18.2 Å². The highest BCUT2D eigenvalue weighted by Crippen LogP contribution is 2.49. The number of alkyl halides is 3. The zero-order valence-corrected chi connectivity index (χ0v) is 15.3. The van der Waals surface area contributed by atoms with Crippen LogP contribution in [0.4, 0.5) is 18.9 Å². The Morgan fingerprint density at radius 2 is 1.82 bits per heavy atom. The molecule has 6 nitrogen and oxygen atoms in total. The highest BCUT2D eigenvalue weighted by molar-refractivity contribution is 6.05. The Balaban J connectivity index is 1.74. The molecule has 2 amide bonds. The molecule has 3 atom stereocenters. The molecule has 1 aliphatic carbocycles. The number of hydrogen-bond acceptors (Lipinski definition) is 4.